The molecule has 0 aromatic heterocycles. The van der Waals surface area contributed by atoms with Gasteiger partial charge in [0, 0.05) is 4.47 Å². The molecule has 0 aliphatic heterocycles. The highest BCUT2D eigenvalue weighted by Gasteiger charge is 2.23. The molecule has 0 spiro atoms. The SMILES string of the molecule is NCC1CCc2c(Br)cc(F)cc21. The predicted molar refractivity (Wildman–Crippen MR) is 54.2 cm³/mol. The van der Waals surface area contributed by atoms with Crippen LogP contribution in [0.15, 0.2) is 16.6 Å². The molecule has 1 nitrogen and oxygen atoms in total. The van der Waals surface area contributed by atoms with E-state index in [1.807, 2.05) is 0 Å². The molecule has 1 aliphatic carbocycles. The lowest BCUT2D eigenvalue weighted by Gasteiger charge is -2.08. The van der Waals surface area contributed by atoms with Crippen LogP contribution in [-0.2, 0) is 6.42 Å². The van der Waals surface area contributed by atoms with Gasteiger partial charge in [-0.15, -0.1) is 0 Å². The van der Waals surface area contributed by atoms with Gasteiger partial charge in [-0.1, -0.05) is 15.9 Å². The second-order valence-corrected chi connectivity index (χ2v) is 4.28. The summed E-state index contributed by atoms with van der Waals surface area (Å²) in [5.41, 5.74) is 7.94. The first-order valence-corrected chi connectivity index (χ1v) is 5.19. The molecule has 1 aliphatic rings. The lowest BCUT2D eigenvalue weighted by molar-refractivity contribution is 0.620. The molecule has 0 radical (unpaired) electrons. The fourth-order valence-corrected chi connectivity index (χ4v) is 2.62. The molecule has 0 fully saturated rings. The number of fused-ring (bicyclic) bond motifs is 1. The third kappa shape index (κ3) is 1.51. The second-order valence-electron chi connectivity index (χ2n) is 3.43. The highest BCUT2D eigenvalue weighted by atomic mass is 79.9. The summed E-state index contributed by atoms with van der Waals surface area (Å²) in [6, 6.07) is 3.14. The van der Waals surface area contributed by atoms with Crippen LogP contribution >= 0.6 is 15.9 Å². The van der Waals surface area contributed by atoms with Crippen molar-refractivity contribution >= 4 is 15.9 Å². The minimum Gasteiger partial charge on any atom is -0.330 e. The van der Waals surface area contributed by atoms with Crippen LogP contribution in [0.2, 0.25) is 0 Å². The van der Waals surface area contributed by atoms with Crippen molar-refractivity contribution < 1.29 is 4.39 Å². The molecule has 1 aromatic rings. The van der Waals surface area contributed by atoms with E-state index in [1.54, 1.807) is 6.07 Å². The van der Waals surface area contributed by atoms with E-state index in [0.717, 1.165) is 22.9 Å². The van der Waals surface area contributed by atoms with Crippen molar-refractivity contribution in [3.63, 3.8) is 0 Å². The Morgan fingerprint density at radius 1 is 1.54 bits per heavy atom. The van der Waals surface area contributed by atoms with Crippen LogP contribution in [-0.4, -0.2) is 6.54 Å². The smallest absolute Gasteiger partial charge is 0.124 e. The topological polar surface area (TPSA) is 26.0 Å². The third-order valence-electron chi connectivity index (χ3n) is 2.66. The Labute approximate surface area is 85.3 Å². The molecular weight excluding hydrogens is 233 g/mol. The largest absolute Gasteiger partial charge is 0.330 e. The molecule has 1 aromatic carbocycles. The quantitative estimate of drug-likeness (QED) is 0.807. The van der Waals surface area contributed by atoms with Crippen LogP contribution in [0.25, 0.3) is 0 Å². The highest BCUT2D eigenvalue weighted by Crippen LogP contribution is 2.37. The Morgan fingerprint density at radius 2 is 2.31 bits per heavy atom. The Morgan fingerprint density at radius 3 is 3.00 bits per heavy atom. The maximum absolute atomic E-state index is 13.1. The zero-order valence-electron chi connectivity index (χ0n) is 7.19. The van der Waals surface area contributed by atoms with Crippen molar-refractivity contribution in [2.75, 3.05) is 6.54 Å². The van der Waals surface area contributed by atoms with Crippen LogP contribution in [0.5, 0.6) is 0 Å². The van der Waals surface area contributed by atoms with Crippen LogP contribution in [0.3, 0.4) is 0 Å². The normalized spacial score (nSPS) is 20.4. The van der Waals surface area contributed by atoms with E-state index in [0.29, 0.717) is 12.5 Å². The lowest BCUT2D eigenvalue weighted by atomic mass is 10.0. The molecule has 0 saturated heterocycles. The molecule has 0 heterocycles. The average molecular weight is 244 g/mol. The van der Waals surface area contributed by atoms with Gasteiger partial charge in [0.15, 0.2) is 0 Å². The van der Waals surface area contributed by atoms with Gasteiger partial charge in [-0.05, 0) is 48.6 Å². The lowest BCUT2D eigenvalue weighted by Crippen LogP contribution is -2.09. The zero-order valence-corrected chi connectivity index (χ0v) is 8.77. The standard InChI is InChI=1S/C10H11BrFN/c11-10-4-7(12)3-9-6(5-13)1-2-8(9)10/h3-4,6H,1-2,5,13H2. The molecule has 70 valence electrons. The Hall–Kier alpha value is -0.410. The van der Waals surface area contributed by atoms with Crippen LogP contribution < -0.4 is 5.73 Å². The summed E-state index contributed by atoms with van der Waals surface area (Å²) in [5, 5.41) is 0. The Kier molecular flexibility index (Phi) is 2.39. The highest BCUT2D eigenvalue weighted by molar-refractivity contribution is 9.10. The molecule has 1 atom stereocenters. The summed E-state index contributed by atoms with van der Waals surface area (Å²) in [7, 11) is 0. The van der Waals surface area contributed by atoms with Crippen molar-refractivity contribution in [1.29, 1.82) is 0 Å². The monoisotopic (exact) mass is 243 g/mol. The summed E-state index contributed by atoms with van der Waals surface area (Å²) in [6.45, 7) is 0.614. The van der Waals surface area contributed by atoms with Gasteiger partial charge >= 0.3 is 0 Å². The maximum atomic E-state index is 13.1. The minimum atomic E-state index is -0.175. The number of halogens is 2. The predicted octanol–water partition coefficient (Wildman–Crippen LogP) is 2.58. The van der Waals surface area contributed by atoms with Crippen LogP contribution in [0.1, 0.15) is 23.5 Å². The van der Waals surface area contributed by atoms with E-state index in [1.165, 1.54) is 11.6 Å². The number of rotatable bonds is 1. The number of hydrogen-bond donors (Lipinski definition) is 1. The first-order chi connectivity index (χ1) is 6.22. The van der Waals surface area contributed by atoms with Crippen LogP contribution in [0.4, 0.5) is 4.39 Å². The molecule has 3 heteroatoms. The van der Waals surface area contributed by atoms with Crippen LogP contribution in [0, 0.1) is 5.82 Å². The first kappa shape index (κ1) is 9.16. The summed E-state index contributed by atoms with van der Waals surface area (Å²) in [6.07, 6.45) is 2.06. The molecule has 0 saturated carbocycles. The first-order valence-electron chi connectivity index (χ1n) is 4.40. The van der Waals surface area contributed by atoms with Crippen molar-refractivity contribution in [3.8, 4) is 0 Å². The van der Waals surface area contributed by atoms with Gasteiger partial charge in [0.25, 0.3) is 0 Å². The van der Waals surface area contributed by atoms with Gasteiger partial charge in [0.1, 0.15) is 5.82 Å². The van der Waals surface area contributed by atoms with Gasteiger partial charge in [0.2, 0.25) is 0 Å². The Bertz CT molecular complexity index is 338. The molecule has 2 N–H and O–H groups in total. The van der Waals surface area contributed by atoms with Gasteiger partial charge in [0.05, 0.1) is 0 Å². The fourth-order valence-electron chi connectivity index (χ4n) is 1.97. The fraction of sp³-hybridized carbons (Fsp3) is 0.400. The van der Waals surface area contributed by atoms with Crippen molar-refractivity contribution in [2.45, 2.75) is 18.8 Å². The number of hydrogen-bond acceptors (Lipinski definition) is 1. The molecule has 0 bridgehead atoms. The average Bonchev–Trinajstić information content (AvgIpc) is 2.47. The summed E-state index contributed by atoms with van der Waals surface area (Å²) in [4.78, 5) is 0. The van der Waals surface area contributed by atoms with E-state index in [4.69, 9.17) is 5.73 Å². The van der Waals surface area contributed by atoms with E-state index in [9.17, 15) is 4.39 Å². The number of nitrogens with two attached hydrogens (primary N) is 1. The van der Waals surface area contributed by atoms with Gasteiger partial charge in [-0.25, -0.2) is 4.39 Å². The van der Waals surface area contributed by atoms with E-state index in [2.05, 4.69) is 15.9 Å². The van der Waals surface area contributed by atoms with E-state index < -0.39 is 0 Å². The van der Waals surface area contributed by atoms with E-state index >= 15 is 0 Å². The number of benzene rings is 1. The summed E-state index contributed by atoms with van der Waals surface area (Å²) < 4.78 is 13.9. The van der Waals surface area contributed by atoms with Gasteiger partial charge in [-0.2, -0.15) is 0 Å². The summed E-state index contributed by atoms with van der Waals surface area (Å²) >= 11 is 3.37. The third-order valence-corrected chi connectivity index (χ3v) is 3.37. The molecular formula is C10H11BrFN. The van der Waals surface area contributed by atoms with E-state index in [-0.39, 0.29) is 5.82 Å². The van der Waals surface area contributed by atoms with Crippen molar-refractivity contribution in [1.82, 2.24) is 0 Å². The van der Waals surface area contributed by atoms with Gasteiger partial charge < -0.3 is 5.73 Å². The second kappa shape index (κ2) is 3.39. The maximum Gasteiger partial charge on any atom is 0.124 e. The minimum absolute atomic E-state index is 0.175. The molecule has 13 heavy (non-hydrogen) atoms. The van der Waals surface area contributed by atoms with Crippen molar-refractivity contribution in [3.05, 3.63) is 33.5 Å². The Balaban J connectivity index is 2.51. The molecule has 1 unspecified atom stereocenters. The van der Waals surface area contributed by atoms with Crippen molar-refractivity contribution in [2.24, 2.45) is 5.73 Å². The summed E-state index contributed by atoms with van der Waals surface area (Å²) in [5.74, 6) is 0.174. The van der Waals surface area contributed by atoms with Gasteiger partial charge in [-0.3, -0.25) is 0 Å². The zero-order chi connectivity index (χ0) is 9.42. The molecule has 2 rings (SSSR count). The molecule has 0 amide bonds.